The van der Waals surface area contributed by atoms with Gasteiger partial charge in [0.2, 0.25) is 10.0 Å². The van der Waals surface area contributed by atoms with Gasteiger partial charge >= 0.3 is 0 Å². The summed E-state index contributed by atoms with van der Waals surface area (Å²) in [6.07, 6.45) is 3.52. The lowest BCUT2D eigenvalue weighted by Gasteiger charge is -2.41. The highest BCUT2D eigenvalue weighted by Gasteiger charge is 2.39. The first-order valence-electron chi connectivity index (χ1n) is 6.16. The van der Waals surface area contributed by atoms with Gasteiger partial charge in [0.25, 0.3) is 0 Å². The van der Waals surface area contributed by atoms with Crippen molar-refractivity contribution in [1.29, 1.82) is 5.26 Å². The van der Waals surface area contributed by atoms with E-state index >= 15 is 0 Å². The van der Waals surface area contributed by atoms with Crippen LogP contribution < -0.4 is 4.72 Å². The van der Waals surface area contributed by atoms with Crippen molar-refractivity contribution in [1.82, 2.24) is 4.72 Å². The first-order valence-corrected chi connectivity index (χ1v) is 8.02. The van der Waals surface area contributed by atoms with Gasteiger partial charge in [0.1, 0.15) is 4.90 Å². The predicted octanol–water partition coefficient (Wildman–Crippen LogP) is 2.82. The van der Waals surface area contributed by atoms with Crippen LogP contribution in [0.25, 0.3) is 0 Å². The Morgan fingerprint density at radius 1 is 1.47 bits per heavy atom. The molecule has 0 amide bonds. The molecular formula is C13H15ClN2O2S. The van der Waals surface area contributed by atoms with E-state index in [-0.39, 0.29) is 15.5 Å². The van der Waals surface area contributed by atoms with Crippen LogP contribution in [-0.2, 0) is 10.0 Å². The van der Waals surface area contributed by atoms with E-state index in [9.17, 15) is 8.42 Å². The number of hydrogen-bond acceptors (Lipinski definition) is 3. The number of nitriles is 1. The smallest absolute Gasteiger partial charge is 0.207 e. The van der Waals surface area contributed by atoms with Crippen molar-refractivity contribution in [2.45, 2.75) is 43.0 Å². The molecule has 0 aliphatic heterocycles. The highest BCUT2D eigenvalue weighted by molar-refractivity contribution is 7.89. The van der Waals surface area contributed by atoms with Crippen LogP contribution >= 0.6 is 11.6 Å². The van der Waals surface area contributed by atoms with Crippen molar-refractivity contribution in [2.24, 2.45) is 0 Å². The van der Waals surface area contributed by atoms with Crippen LogP contribution in [0.1, 0.15) is 38.2 Å². The highest BCUT2D eigenvalue weighted by Crippen LogP contribution is 2.36. The Morgan fingerprint density at radius 2 is 2.16 bits per heavy atom. The summed E-state index contributed by atoms with van der Waals surface area (Å²) in [6.45, 7) is 1.97. The van der Waals surface area contributed by atoms with Crippen molar-refractivity contribution < 1.29 is 8.42 Å². The summed E-state index contributed by atoms with van der Waals surface area (Å²) in [5, 5.41) is 8.83. The lowest BCUT2D eigenvalue weighted by Crippen LogP contribution is -2.52. The average Bonchev–Trinajstić information content (AvgIpc) is 2.33. The first kappa shape index (κ1) is 14.3. The average molecular weight is 299 g/mol. The Labute approximate surface area is 118 Å². The minimum Gasteiger partial charge on any atom is -0.207 e. The van der Waals surface area contributed by atoms with Gasteiger partial charge in [-0.25, -0.2) is 13.1 Å². The molecule has 1 saturated carbocycles. The van der Waals surface area contributed by atoms with Crippen LogP contribution in [0.15, 0.2) is 23.1 Å². The van der Waals surface area contributed by atoms with E-state index in [4.69, 9.17) is 16.9 Å². The van der Waals surface area contributed by atoms with E-state index < -0.39 is 10.0 Å². The zero-order valence-corrected chi connectivity index (χ0v) is 12.2. The van der Waals surface area contributed by atoms with Crippen LogP contribution in [0.4, 0.5) is 0 Å². The topological polar surface area (TPSA) is 70.0 Å². The van der Waals surface area contributed by atoms with Gasteiger partial charge in [-0.2, -0.15) is 5.26 Å². The van der Waals surface area contributed by atoms with Gasteiger partial charge in [-0.1, -0.05) is 18.5 Å². The second-order valence-electron chi connectivity index (χ2n) is 4.85. The molecule has 0 atom stereocenters. The maximum absolute atomic E-state index is 12.3. The summed E-state index contributed by atoms with van der Waals surface area (Å²) in [5.74, 6) is 0. The molecule has 0 radical (unpaired) electrons. The Bertz CT molecular complexity index is 625. The number of benzene rings is 1. The van der Waals surface area contributed by atoms with Crippen LogP contribution in [0, 0.1) is 11.3 Å². The summed E-state index contributed by atoms with van der Waals surface area (Å²) in [4.78, 5) is 0.0351. The van der Waals surface area contributed by atoms with E-state index in [1.807, 2.05) is 13.0 Å². The van der Waals surface area contributed by atoms with Crippen molar-refractivity contribution in [3.8, 4) is 6.07 Å². The predicted molar refractivity (Wildman–Crippen MR) is 73.4 cm³/mol. The van der Waals surface area contributed by atoms with Gasteiger partial charge in [0.05, 0.1) is 16.7 Å². The molecule has 0 saturated heterocycles. The molecule has 2 rings (SSSR count). The van der Waals surface area contributed by atoms with E-state index in [0.29, 0.717) is 5.56 Å². The van der Waals surface area contributed by atoms with Gasteiger partial charge < -0.3 is 0 Å². The molecular weight excluding hydrogens is 284 g/mol. The third kappa shape index (κ3) is 2.76. The Hall–Kier alpha value is -1.09. The summed E-state index contributed by atoms with van der Waals surface area (Å²) >= 11 is 5.96. The molecule has 0 spiro atoms. The molecule has 1 aliphatic rings. The number of rotatable bonds is 4. The fourth-order valence-electron chi connectivity index (χ4n) is 2.26. The van der Waals surface area contributed by atoms with E-state index in [1.54, 1.807) is 0 Å². The maximum atomic E-state index is 12.3. The molecule has 0 unspecified atom stereocenters. The number of sulfonamides is 1. The SMILES string of the molecule is CCC1(NS(=O)(=O)c2ccc(C#N)cc2Cl)CCC1. The standard InChI is InChI=1S/C13H15ClN2O2S/c1-2-13(6-3-7-13)16-19(17,18)12-5-4-10(9-15)8-11(12)14/h4-5,8,16H,2-3,6-7H2,1H3. The Kier molecular flexibility index (Phi) is 3.86. The lowest BCUT2D eigenvalue weighted by molar-refractivity contribution is 0.214. The monoisotopic (exact) mass is 298 g/mol. The molecule has 0 aromatic heterocycles. The van der Waals surface area contributed by atoms with E-state index in [1.165, 1.54) is 18.2 Å². The molecule has 1 aliphatic carbocycles. The molecule has 19 heavy (non-hydrogen) atoms. The summed E-state index contributed by atoms with van der Waals surface area (Å²) in [7, 11) is -3.64. The zero-order chi connectivity index (χ0) is 14.1. The third-order valence-electron chi connectivity index (χ3n) is 3.69. The van der Waals surface area contributed by atoms with Crippen molar-refractivity contribution >= 4 is 21.6 Å². The second-order valence-corrected chi connectivity index (χ2v) is 6.91. The van der Waals surface area contributed by atoms with Gasteiger partial charge in [0, 0.05) is 5.54 Å². The van der Waals surface area contributed by atoms with E-state index in [2.05, 4.69) is 4.72 Å². The van der Waals surface area contributed by atoms with Crippen molar-refractivity contribution in [2.75, 3.05) is 0 Å². The Balaban J connectivity index is 2.32. The summed E-state index contributed by atoms with van der Waals surface area (Å²) in [5.41, 5.74) is 0.0218. The summed E-state index contributed by atoms with van der Waals surface area (Å²) in [6, 6.07) is 6.14. The minimum atomic E-state index is -3.64. The van der Waals surface area contributed by atoms with Crippen LogP contribution in [0.3, 0.4) is 0 Å². The molecule has 0 bridgehead atoms. The van der Waals surface area contributed by atoms with Crippen LogP contribution in [0.2, 0.25) is 5.02 Å². The third-order valence-corrected chi connectivity index (χ3v) is 5.75. The van der Waals surface area contributed by atoms with Gasteiger partial charge in [-0.15, -0.1) is 0 Å². The Morgan fingerprint density at radius 3 is 2.58 bits per heavy atom. The normalized spacial score (nSPS) is 17.5. The molecule has 1 aromatic carbocycles. The van der Waals surface area contributed by atoms with Crippen molar-refractivity contribution in [3.05, 3.63) is 28.8 Å². The number of halogens is 1. The van der Waals surface area contributed by atoms with Crippen LogP contribution in [-0.4, -0.2) is 14.0 Å². The quantitative estimate of drug-likeness (QED) is 0.929. The zero-order valence-electron chi connectivity index (χ0n) is 10.6. The maximum Gasteiger partial charge on any atom is 0.242 e. The molecule has 0 heterocycles. The molecule has 1 N–H and O–H groups in total. The first-order chi connectivity index (χ1) is 8.92. The second kappa shape index (κ2) is 5.12. The fourth-order valence-corrected chi connectivity index (χ4v) is 4.34. The number of hydrogen-bond donors (Lipinski definition) is 1. The molecule has 1 aromatic rings. The molecule has 4 nitrogen and oxygen atoms in total. The molecule has 6 heteroatoms. The highest BCUT2D eigenvalue weighted by atomic mass is 35.5. The summed E-state index contributed by atoms with van der Waals surface area (Å²) < 4.78 is 27.4. The lowest BCUT2D eigenvalue weighted by atomic mass is 9.76. The largest absolute Gasteiger partial charge is 0.242 e. The van der Waals surface area contributed by atoms with Gasteiger partial charge in [-0.05, 0) is 43.9 Å². The fraction of sp³-hybridized carbons (Fsp3) is 0.462. The van der Waals surface area contributed by atoms with Crippen LogP contribution in [0.5, 0.6) is 0 Å². The minimum absolute atomic E-state index is 0.0351. The van der Waals surface area contributed by atoms with Gasteiger partial charge in [0.15, 0.2) is 0 Å². The molecule has 102 valence electrons. The van der Waals surface area contributed by atoms with E-state index in [0.717, 1.165) is 25.7 Å². The van der Waals surface area contributed by atoms with Crippen molar-refractivity contribution in [3.63, 3.8) is 0 Å². The molecule has 1 fully saturated rings. The van der Waals surface area contributed by atoms with Gasteiger partial charge in [-0.3, -0.25) is 0 Å². The number of nitrogens with one attached hydrogen (secondary N) is 1. The number of nitrogens with zero attached hydrogens (tertiary/aromatic N) is 1.